The molecule has 2 atom stereocenters. The van der Waals surface area contributed by atoms with Gasteiger partial charge in [-0.3, -0.25) is 0 Å². The minimum Gasteiger partial charge on any atom is -0.384 e. The SMILES string of the molecule is CCCNC(Cc1cccc(Br)c1)CC(C)COC. The van der Waals surface area contributed by atoms with E-state index in [0.29, 0.717) is 12.0 Å². The van der Waals surface area contributed by atoms with Crippen LogP contribution in [-0.2, 0) is 11.2 Å². The second kappa shape index (κ2) is 9.51. The van der Waals surface area contributed by atoms with Crippen LogP contribution in [0.1, 0.15) is 32.3 Å². The molecule has 19 heavy (non-hydrogen) atoms. The fourth-order valence-electron chi connectivity index (χ4n) is 2.37. The topological polar surface area (TPSA) is 21.3 Å². The van der Waals surface area contributed by atoms with Gasteiger partial charge in [0.05, 0.1) is 0 Å². The lowest BCUT2D eigenvalue weighted by molar-refractivity contribution is 0.149. The summed E-state index contributed by atoms with van der Waals surface area (Å²) in [5, 5.41) is 3.66. The summed E-state index contributed by atoms with van der Waals surface area (Å²) < 4.78 is 6.40. The molecule has 1 N–H and O–H groups in total. The van der Waals surface area contributed by atoms with Crippen LogP contribution in [0.3, 0.4) is 0 Å². The third-order valence-corrected chi connectivity index (χ3v) is 3.69. The average Bonchev–Trinajstić information content (AvgIpc) is 2.36. The lowest BCUT2D eigenvalue weighted by Crippen LogP contribution is -2.34. The highest BCUT2D eigenvalue weighted by Crippen LogP contribution is 2.16. The Hall–Kier alpha value is -0.380. The van der Waals surface area contributed by atoms with Crippen molar-refractivity contribution in [3.05, 3.63) is 34.3 Å². The van der Waals surface area contributed by atoms with E-state index in [2.05, 4.69) is 59.4 Å². The van der Waals surface area contributed by atoms with Crippen LogP contribution in [0.25, 0.3) is 0 Å². The standard InChI is InChI=1S/C16H26BrNO/c1-4-8-18-16(9-13(2)12-19-3)11-14-6-5-7-15(17)10-14/h5-7,10,13,16,18H,4,8-9,11-12H2,1-3H3. The van der Waals surface area contributed by atoms with E-state index in [4.69, 9.17) is 4.74 Å². The molecule has 1 aromatic rings. The van der Waals surface area contributed by atoms with Gasteiger partial charge in [-0.1, -0.05) is 41.9 Å². The van der Waals surface area contributed by atoms with Gasteiger partial charge in [0, 0.05) is 24.2 Å². The number of methoxy groups -OCH3 is 1. The highest BCUT2D eigenvalue weighted by Gasteiger charge is 2.13. The predicted octanol–water partition coefficient (Wildman–Crippen LogP) is 4.03. The molecule has 3 heteroatoms. The van der Waals surface area contributed by atoms with Crippen molar-refractivity contribution < 1.29 is 4.74 Å². The van der Waals surface area contributed by atoms with Crippen molar-refractivity contribution in [2.45, 2.75) is 39.2 Å². The Balaban J connectivity index is 2.57. The van der Waals surface area contributed by atoms with Crippen molar-refractivity contribution in [2.24, 2.45) is 5.92 Å². The summed E-state index contributed by atoms with van der Waals surface area (Å²) in [6.07, 6.45) is 3.40. The molecule has 0 saturated heterocycles. The van der Waals surface area contributed by atoms with E-state index < -0.39 is 0 Å². The monoisotopic (exact) mass is 327 g/mol. The van der Waals surface area contributed by atoms with E-state index >= 15 is 0 Å². The highest BCUT2D eigenvalue weighted by molar-refractivity contribution is 9.10. The van der Waals surface area contributed by atoms with Gasteiger partial charge in [0.1, 0.15) is 0 Å². The third-order valence-electron chi connectivity index (χ3n) is 3.19. The van der Waals surface area contributed by atoms with E-state index in [1.807, 2.05) is 0 Å². The lowest BCUT2D eigenvalue weighted by atomic mass is 9.96. The normalized spacial score (nSPS) is 14.3. The van der Waals surface area contributed by atoms with Gasteiger partial charge in [-0.2, -0.15) is 0 Å². The summed E-state index contributed by atoms with van der Waals surface area (Å²) in [7, 11) is 1.78. The van der Waals surface area contributed by atoms with Gasteiger partial charge in [0.15, 0.2) is 0 Å². The van der Waals surface area contributed by atoms with Crippen molar-refractivity contribution in [1.29, 1.82) is 0 Å². The molecular formula is C16H26BrNO. The first kappa shape index (κ1) is 16.7. The van der Waals surface area contributed by atoms with Crippen LogP contribution in [0.5, 0.6) is 0 Å². The molecule has 2 unspecified atom stereocenters. The molecule has 0 radical (unpaired) electrons. The van der Waals surface area contributed by atoms with Gasteiger partial charge in [-0.15, -0.1) is 0 Å². The van der Waals surface area contributed by atoms with Gasteiger partial charge in [0.2, 0.25) is 0 Å². The molecule has 0 aliphatic rings. The second-order valence-electron chi connectivity index (χ2n) is 5.28. The van der Waals surface area contributed by atoms with Crippen LogP contribution < -0.4 is 5.32 Å². The van der Waals surface area contributed by atoms with Gasteiger partial charge in [0.25, 0.3) is 0 Å². The predicted molar refractivity (Wildman–Crippen MR) is 85.6 cm³/mol. The van der Waals surface area contributed by atoms with Crippen LogP contribution in [0.15, 0.2) is 28.7 Å². The van der Waals surface area contributed by atoms with Gasteiger partial charge in [-0.25, -0.2) is 0 Å². The molecule has 0 aromatic heterocycles. The Labute approximate surface area is 126 Å². The summed E-state index contributed by atoms with van der Waals surface area (Å²) >= 11 is 3.54. The Morgan fingerprint density at radius 1 is 1.37 bits per heavy atom. The number of hydrogen-bond acceptors (Lipinski definition) is 2. The largest absolute Gasteiger partial charge is 0.384 e. The number of hydrogen-bond donors (Lipinski definition) is 1. The van der Waals surface area contributed by atoms with Crippen LogP contribution >= 0.6 is 15.9 Å². The number of benzene rings is 1. The molecular weight excluding hydrogens is 302 g/mol. The molecule has 0 aliphatic carbocycles. The van der Waals surface area contributed by atoms with Gasteiger partial charge >= 0.3 is 0 Å². The number of halogens is 1. The smallest absolute Gasteiger partial charge is 0.0488 e. The zero-order valence-electron chi connectivity index (χ0n) is 12.3. The summed E-state index contributed by atoms with van der Waals surface area (Å²) in [5.74, 6) is 0.589. The fraction of sp³-hybridized carbons (Fsp3) is 0.625. The van der Waals surface area contributed by atoms with Crippen molar-refractivity contribution >= 4 is 15.9 Å². The van der Waals surface area contributed by atoms with Crippen molar-refractivity contribution in [1.82, 2.24) is 5.32 Å². The van der Waals surface area contributed by atoms with Crippen molar-refractivity contribution in [3.8, 4) is 0 Å². The maximum Gasteiger partial charge on any atom is 0.0488 e. The van der Waals surface area contributed by atoms with E-state index in [1.165, 1.54) is 12.0 Å². The van der Waals surface area contributed by atoms with Gasteiger partial charge < -0.3 is 10.1 Å². The molecule has 1 aromatic carbocycles. The zero-order valence-corrected chi connectivity index (χ0v) is 13.9. The summed E-state index contributed by atoms with van der Waals surface area (Å²) in [5.41, 5.74) is 1.38. The molecule has 0 saturated carbocycles. The first-order valence-electron chi connectivity index (χ1n) is 7.12. The Kier molecular flexibility index (Phi) is 8.35. The summed E-state index contributed by atoms with van der Waals surface area (Å²) in [4.78, 5) is 0. The number of ether oxygens (including phenoxy) is 1. The van der Waals surface area contributed by atoms with Crippen LogP contribution in [0, 0.1) is 5.92 Å². The molecule has 2 nitrogen and oxygen atoms in total. The summed E-state index contributed by atoms with van der Waals surface area (Å²) in [6.45, 7) is 6.38. The van der Waals surface area contributed by atoms with Crippen molar-refractivity contribution in [3.63, 3.8) is 0 Å². The molecule has 0 spiro atoms. The molecule has 0 aliphatic heterocycles. The van der Waals surface area contributed by atoms with Crippen LogP contribution in [-0.4, -0.2) is 26.3 Å². The van der Waals surface area contributed by atoms with E-state index in [9.17, 15) is 0 Å². The van der Waals surface area contributed by atoms with Gasteiger partial charge in [-0.05, 0) is 49.4 Å². The fourth-order valence-corrected chi connectivity index (χ4v) is 2.82. The van der Waals surface area contributed by atoms with Crippen molar-refractivity contribution in [2.75, 3.05) is 20.3 Å². The third kappa shape index (κ3) is 7.09. The number of nitrogens with one attached hydrogen (secondary N) is 1. The maximum absolute atomic E-state index is 5.24. The molecule has 0 bridgehead atoms. The Bertz CT molecular complexity index is 356. The quantitative estimate of drug-likeness (QED) is 0.739. The second-order valence-corrected chi connectivity index (χ2v) is 6.20. The molecule has 0 fully saturated rings. The van der Waals surface area contributed by atoms with Crippen LogP contribution in [0.2, 0.25) is 0 Å². The lowest BCUT2D eigenvalue weighted by Gasteiger charge is -2.22. The first-order chi connectivity index (χ1) is 9.15. The molecule has 0 amide bonds. The van der Waals surface area contributed by atoms with Crippen LogP contribution in [0.4, 0.5) is 0 Å². The number of rotatable bonds is 9. The molecule has 108 valence electrons. The van der Waals surface area contributed by atoms with E-state index in [1.54, 1.807) is 7.11 Å². The highest BCUT2D eigenvalue weighted by atomic mass is 79.9. The minimum atomic E-state index is 0.527. The Morgan fingerprint density at radius 3 is 2.79 bits per heavy atom. The van der Waals surface area contributed by atoms with E-state index in [-0.39, 0.29) is 0 Å². The zero-order chi connectivity index (χ0) is 14.1. The first-order valence-corrected chi connectivity index (χ1v) is 7.91. The minimum absolute atomic E-state index is 0.527. The van der Waals surface area contributed by atoms with E-state index in [0.717, 1.165) is 30.5 Å². The maximum atomic E-state index is 5.24. The average molecular weight is 328 g/mol. The Morgan fingerprint density at radius 2 is 2.16 bits per heavy atom. The molecule has 0 heterocycles. The summed E-state index contributed by atoms with van der Waals surface area (Å²) in [6, 6.07) is 9.12. The molecule has 1 rings (SSSR count).